The van der Waals surface area contributed by atoms with E-state index in [1.165, 1.54) is 0 Å². The molecule has 1 aliphatic heterocycles. The Morgan fingerprint density at radius 3 is 2.64 bits per heavy atom. The van der Waals surface area contributed by atoms with Crippen LogP contribution in [0.2, 0.25) is 0 Å². The minimum absolute atomic E-state index is 0.292. The van der Waals surface area contributed by atoms with Crippen molar-refractivity contribution in [1.29, 1.82) is 0 Å². The number of imide groups is 1. The SMILES string of the molecule is CC1CCC2(CC1)NC(=O)N(NC(=O)COc1ccc3ccccc3c1)C2=O. The van der Waals surface area contributed by atoms with Gasteiger partial charge in [-0.3, -0.25) is 15.0 Å². The third-order valence-corrected chi connectivity index (χ3v) is 5.62. The number of carbonyl (C=O) groups excluding carboxylic acids is 3. The number of ether oxygens (including phenoxy) is 1. The van der Waals surface area contributed by atoms with Crippen LogP contribution in [0.15, 0.2) is 42.5 Å². The van der Waals surface area contributed by atoms with E-state index in [4.69, 9.17) is 4.74 Å². The summed E-state index contributed by atoms with van der Waals surface area (Å²) in [6.45, 7) is 1.84. The predicted molar refractivity (Wildman–Crippen MR) is 103 cm³/mol. The molecule has 1 spiro atoms. The van der Waals surface area contributed by atoms with Gasteiger partial charge in [0.2, 0.25) is 0 Å². The molecule has 2 aliphatic rings. The number of hydrogen-bond acceptors (Lipinski definition) is 4. The molecule has 7 nitrogen and oxygen atoms in total. The Bertz CT molecular complexity index is 934. The smallest absolute Gasteiger partial charge is 0.344 e. The Balaban J connectivity index is 1.36. The fourth-order valence-corrected chi connectivity index (χ4v) is 3.88. The molecule has 4 amide bonds. The minimum Gasteiger partial charge on any atom is -0.484 e. The molecule has 0 bridgehead atoms. The molecule has 0 radical (unpaired) electrons. The van der Waals surface area contributed by atoms with Crippen molar-refractivity contribution in [3.63, 3.8) is 0 Å². The molecule has 0 aromatic heterocycles. The molecular formula is C21H23N3O4. The zero-order chi connectivity index (χ0) is 19.7. The van der Waals surface area contributed by atoms with E-state index in [0.29, 0.717) is 24.5 Å². The Morgan fingerprint density at radius 2 is 1.89 bits per heavy atom. The van der Waals surface area contributed by atoms with E-state index in [-0.39, 0.29) is 12.5 Å². The lowest BCUT2D eigenvalue weighted by Gasteiger charge is -2.33. The van der Waals surface area contributed by atoms with Gasteiger partial charge in [0, 0.05) is 0 Å². The van der Waals surface area contributed by atoms with Gasteiger partial charge in [-0.2, -0.15) is 5.01 Å². The van der Waals surface area contributed by atoms with Crippen LogP contribution in [-0.4, -0.2) is 35.0 Å². The van der Waals surface area contributed by atoms with Crippen LogP contribution in [-0.2, 0) is 9.59 Å². The topological polar surface area (TPSA) is 87.7 Å². The second kappa shape index (κ2) is 7.14. The van der Waals surface area contributed by atoms with E-state index >= 15 is 0 Å². The monoisotopic (exact) mass is 381 g/mol. The molecule has 4 rings (SSSR count). The second-order valence-corrected chi connectivity index (χ2v) is 7.67. The van der Waals surface area contributed by atoms with Gasteiger partial charge >= 0.3 is 6.03 Å². The van der Waals surface area contributed by atoms with Crippen molar-refractivity contribution in [2.24, 2.45) is 5.92 Å². The quantitative estimate of drug-likeness (QED) is 0.797. The van der Waals surface area contributed by atoms with Crippen molar-refractivity contribution >= 4 is 28.6 Å². The minimum atomic E-state index is -0.879. The highest BCUT2D eigenvalue weighted by Crippen LogP contribution is 2.35. The number of urea groups is 1. The van der Waals surface area contributed by atoms with Crippen molar-refractivity contribution in [1.82, 2.24) is 15.8 Å². The Kier molecular flexibility index (Phi) is 4.66. The number of benzene rings is 2. The highest BCUT2D eigenvalue weighted by molar-refractivity contribution is 6.08. The summed E-state index contributed by atoms with van der Waals surface area (Å²) in [5.74, 6) is 0.138. The van der Waals surface area contributed by atoms with Crippen LogP contribution in [0, 0.1) is 5.92 Å². The Labute approximate surface area is 163 Å². The van der Waals surface area contributed by atoms with Crippen LogP contribution in [0.1, 0.15) is 32.6 Å². The van der Waals surface area contributed by atoms with E-state index in [9.17, 15) is 14.4 Å². The lowest BCUT2D eigenvalue weighted by atomic mass is 9.77. The summed E-state index contributed by atoms with van der Waals surface area (Å²) in [7, 11) is 0. The van der Waals surface area contributed by atoms with Gasteiger partial charge in [0.15, 0.2) is 6.61 Å². The Hall–Kier alpha value is -3.09. The molecule has 2 N–H and O–H groups in total. The molecule has 2 fully saturated rings. The molecule has 1 heterocycles. The molecule has 1 aliphatic carbocycles. The average molecular weight is 381 g/mol. The number of fused-ring (bicyclic) bond motifs is 1. The Morgan fingerprint density at radius 1 is 1.18 bits per heavy atom. The number of rotatable bonds is 4. The molecule has 1 saturated heterocycles. The summed E-state index contributed by atoms with van der Waals surface area (Å²) in [5, 5.41) is 5.64. The van der Waals surface area contributed by atoms with Crippen LogP contribution in [0.3, 0.4) is 0 Å². The van der Waals surface area contributed by atoms with Gasteiger partial charge in [-0.25, -0.2) is 4.79 Å². The van der Waals surface area contributed by atoms with E-state index in [0.717, 1.165) is 28.6 Å². The van der Waals surface area contributed by atoms with Crippen LogP contribution < -0.4 is 15.5 Å². The lowest BCUT2D eigenvalue weighted by Crippen LogP contribution is -2.52. The maximum absolute atomic E-state index is 12.7. The van der Waals surface area contributed by atoms with E-state index in [2.05, 4.69) is 17.7 Å². The first-order valence-corrected chi connectivity index (χ1v) is 9.55. The van der Waals surface area contributed by atoms with Crippen LogP contribution in [0.25, 0.3) is 10.8 Å². The number of amides is 4. The van der Waals surface area contributed by atoms with Crippen LogP contribution >= 0.6 is 0 Å². The number of nitrogens with one attached hydrogen (secondary N) is 2. The van der Waals surface area contributed by atoms with Crippen molar-refractivity contribution < 1.29 is 19.1 Å². The number of nitrogens with zero attached hydrogens (tertiary/aromatic N) is 1. The first kappa shape index (κ1) is 18.3. The van der Waals surface area contributed by atoms with E-state index in [1.807, 2.05) is 36.4 Å². The first-order valence-electron chi connectivity index (χ1n) is 9.55. The summed E-state index contributed by atoms with van der Waals surface area (Å²) in [6, 6.07) is 12.8. The van der Waals surface area contributed by atoms with Gasteiger partial charge in [0.25, 0.3) is 11.8 Å². The molecule has 0 atom stereocenters. The van der Waals surface area contributed by atoms with Gasteiger partial charge in [-0.15, -0.1) is 0 Å². The van der Waals surface area contributed by atoms with Gasteiger partial charge in [0.05, 0.1) is 0 Å². The summed E-state index contributed by atoms with van der Waals surface area (Å²) >= 11 is 0. The molecule has 7 heteroatoms. The molecule has 0 unspecified atom stereocenters. The molecule has 146 valence electrons. The lowest BCUT2D eigenvalue weighted by molar-refractivity contribution is -0.140. The summed E-state index contributed by atoms with van der Waals surface area (Å²) < 4.78 is 5.53. The number of hydrogen-bond donors (Lipinski definition) is 2. The van der Waals surface area contributed by atoms with Gasteiger partial charge in [0.1, 0.15) is 11.3 Å². The largest absolute Gasteiger partial charge is 0.484 e. The highest BCUT2D eigenvalue weighted by Gasteiger charge is 2.52. The highest BCUT2D eigenvalue weighted by atomic mass is 16.5. The maximum atomic E-state index is 12.7. The van der Waals surface area contributed by atoms with Crippen molar-refractivity contribution in [3.05, 3.63) is 42.5 Å². The maximum Gasteiger partial charge on any atom is 0.344 e. The summed E-state index contributed by atoms with van der Waals surface area (Å²) in [6.07, 6.45) is 2.94. The van der Waals surface area contributed by atoms with Gasteiger partial charge in [-0.05, 0) is 54.5 Å². The third-order valence-electron chi connectivity index (χ3n) is 5.62. The molecule has 28 heavy (non-hydrogen) atoms. The molecule has 2 aromatic carbocycles. The zero-order valence-electron chi connectivity index (χ0n) is 15.7. The normalized spacial score (nSPS) is 24.5. The van der Waals surface area contributed by atoms with Gasteiger partial charge < -0.3 is 10.1 Å². The van der Waals surface area contributed by atoms with E-state index in [1.54, 1.807) is 6.07 Å². The number of carbonyl (C=O) groups is 3. The standard InChI is InChI=1S/C21H23N3O4/c1-14-8-10-21(11-9-14)19(26)24(20(27)22-21)23-18(25)13-28-17-7-6-15-4-2-3-5-16(15)12-17/h2-7,12,14H,8-11,13H2,1H3,(H,22,27)(H,23,25). The fraction of sp³-hybridized carbons (Fsp3) is 0.381. The zero-order valence-corrected chi connectivity index (χ0v) is 15.7. The van der Waals surface area contributed by atoms with Crippen LogP contribution in [0.5, 0.6) is 5.75 Å². The molecule has 2 aromatic rings. The number of hydrazine groups is 1. The third kappa shape index (κ3) is 3.40. The molecular weight excluding hydrogens is 358 g/mol. The van der Waals surface area contributed by atoms with Crippen molar-refractivity contribution in [2.45, 2.75) is 38.1 Å². The first-order chi connectivity index (χ1) is 13.5. The molecule has 1 saturated carbocycles. The van der Waals surface area contributed by atoms with Gasteiger partial charge in [-0.1, -0.05) is 37.3 Å². The predicted octanol–water partition coefficient (Wildman–Crippen LogP) is 2.75. The second-order valence-electron chi connectivity index (χ2n) is 7.67. The van der Waals surface area contributed by atoms with E-state index < -0.39 is 17.5 Å². The average Bonchev–Trinajstić information content (AvgIpc) is 2.93. The fourth-order valence-electron chi connectivity index (χ4n) is 3.88. The summed E-state index contributed by atoms with van der Waals surface area (Å²) in [4.78, 5) is 37.2. The van der Waals surface area contributed by atoms with Crippen molar-refractivity contribution in [3.8, 4) is 5.75 Å². The summed E-state index contributed by atoms with van der Waals surface area (Å²) in [5.41, 5.74) is 1.50. The van der Waals surface area contributed by atoms with Crippen molar-refractivity contribution in [2.75, 3.05) is 6.61 Å². The van der Waals surface area contributed by atoms with Crippen LogP contribution in [0.4, 0.5) is 4.79 Å².